The van der Waals surface area contributed by atoms with Crippen LogP contribution in [-0.4, -0.2) is 53.7 Å². The SMILES string of the molecule is CCn1cc(CN2CCC(OCC3CCOC3)CC2)cn1. The lowest BCUT2D eigenvalue weighted by Gasteiger charge is -2.32. The van der Waals surface area contributed by atoms with Gasteiger partial charge in [-0.1, -0.05) is 0 Å². The summed E-state index contributed by atoms with van der Waals surface area (Å²) in [5, 5.41) is 4.34. The normalized spacial score (nSPS) is 24.7. The van der Waals surface area contributed by atoms with Crippen molar-refractivity contribution < 1.29 is 9.47 Å². The highest BCUT2D eigenvalue weighted by Crippen LogP contribution is 2.19. The van der Waals surface area contributed by atoms with Crippen LogP contribution in [0.4, 0.5) is 0 Å². The highest BCUT2D eigenvalue weighted by Gasteiger charge is 2.22. The first-order valence-electron chi connectivity index (χ1n) is 8.26. The van der Waals surface area contributed by atoms with Gasteiger partial charge >= 0.3 is 0 Å². The van der Waals surface area contributed by atoms with Gasteiger partial charge in [0.2, 0.25) is 0 Å². The Hall–Kier alpha value is -0.910. The Morgan fingerprint density at radius 1 is 1.33 bits per heavy atom. The fraction of sp³-hybridized carbons (Fsp3) is 0.812. The maximum Gasteiger partial charge on any atom is 0.0599 e. The minimum atomic E-state index is 0.445. The molecule has 2 aliphatic rings. The standard InChI is InChI=1S/C16H27N3O2/c1-2-19-11-15(9-17-19)10-18-6-3-16(4-7-18)21-13-14-5-8-20-12-14/h9,11,14,16H,2-8,10,12-13H2,1H3. The Kier molecular flexibility index (Phi) is 5.27. The van der Waals surface area contributed by atoms with Gasteiger partial charge in [0, 0.05) is 50.5 Å². The van der Waals surface area contributed by atoms with E-state index in [9.17, 15) is 0 Å². The number of rotatable bonds is 6. The van der Waals surface area contributed by atoms with E-state index in [1.807, 2.05) is 10.9 Å². The number of nitrogens with zero attached hydrogens (tertiary/aromatic N) is 3. The molecule has 2 saturated heterocycles. The molecule has 2 fully saturated rings. The van der Waals surface area contributed by atoms with E-state index in [-0.39, 0.29) is 0 Å². The van der Waals surface area contributed by atoms with Gasteiger partial charge in [0.25, 0.3) is 0 Å². The Bertz CT molecular complexity index is 421. The van der Waals surface area contributed by atoms with E-state index < -0.39 is 0 Å². The lowest BCUT2D eigenvalue weighted by molar-refractivity contribution is -0.0116. The minimum absolute atomic E-state index is 0.445. The zero-order chi connectivity index (χ0) is 14.5. The Morgan fingerprint density at radius 2 is 2.19 bits per heavy atom. The molecular formula is C16H27N3O2. The van der Waals surface area contributed by atoms with Crippen LogP contribution in [-0.2, 0) is 22.6 Å². The minimum Gasteiger partial charge on any atom is -0.381 e. The molecule has 0 amide bonds. The largest absolute Gasteiger partial charge is 0.381 e. The first kappa shape index (κ1) is 15.0. The van der Waals surface area contributed by atoms with Gasteiger partial charge in [0.15, 0.2) is 0 Å². The maximum absolute atomic E-state index is 6.06. The fourth-order valence-corrected chi connectivity index (χ4v) is 3.14. The second-order valence-electron chi connectivity index (χ2n) is 6.24. The van der Waals surface area contributed by atoms with Gasteiger partial charge in [-0.15, -0.1) is 0 Å². The molecular weight excluding hydrogens is 266 g/mol. The van der Waals surface area contributed by atoms with Crippen molar-refractivity contribution in [3.63, 3.8) is 0 Å². The summed E-state index contributed by atoms with van der Waals surface area (Å²) in [5.41, 5.74) is 1.32. The van der Waals surface area contributed by atoms with Crippen LogP contribution in [0, 0.1) is 5.92 Å². The number of piperidine rings is 1. The summed E-state index contributed by atoms with van der Waals surface area (Å²) < 4.78 is 13.5. The molecule has 0 N–H and O–H groups in total. The third-order valence-electron chi connectivity index (χ3n) is 4.54. The monoisotopic (exact) mass is 293 g/mol. The summed E-state index contributed by atoms with van der Waals surface area (Å²) in [4.78, 5) is 2.51. The molecule has 21 heavy (non-hydrogen) atoms. The van der Waals surface area contributed by atoms with Crippen molar-refractivity contribution in [1.29, 1.82) is 0 Å². The van der Waals surface area contributed by atoms with E-state index in [0.717, 1.165) is 58.8 Å². The second kappa shape index (κ2) is 7.38. The number of aromatic nitrogens is 2. The Morgan fingerprint density at radius 3 is 2.86 bits per heavy atom. The van der Waals surface area contributed by atoms with E-state index in [4.69, 9.17) is 9.47 Å². The molecule has 118 valence electrons. The number of ether oxygens (including phenoxy) is 2. The lowest BCUT2D eigenvalue weighted by atomic mass is 10.1. The average Bonchev–Trinajstić information content (AvgIpc) is 3.18. The molecule has 1 atom stereocenters. The molecule has 0 radical (unpaired) electrons. The highest BCUT2D eigenvalue weighted by molar-refractivity contribution is 5.03. The van der Waals surface area contributed by atoms with Crippen LogP contribution in [0.25, 0.3) is 0 Å². The molecule has 5 heteroatoms. The summed E-state index contributed by atoms with van der Waals surface area (Å²) in [6.45, 7) is 9.03. The number of aryl methyl sites for hydroxylation is 1. The molecule has 0 saturated carbocycles. The predicted octanol–water partition coefficient (Wildman–Crippen LogP) is 1.92. The molecule has 1 unspecified atom stereocenters. The summed E-state index contributed by atoms with van der Waals surface area (Å²) in [6, 6.07) is 0. The first-order chi connectivity index (χ1) is 10.3. The molecule has 2 aliphatic heterocycles. The number of hydrogen-bond donors (Lipinski definition) is 0. The fourth-order valence-electron chi connectivity index (χ4n) is 3.14. The molecule has 0 bridgehead atoms. The summed E-state index contributed by atoms with van der Waals surface area (Å²) in [6.07, 6.45) is 8.06. The van der Waals surface area contributed by atoms with Gasteiger partial charge in [-0.05, 0) is 26.2 Å². The van der Waals surface area contributed by atoms with E-state index in [0.29, 0.717) is 12.0 Å². The van der Waals surface area contributed by atoms with E-state index >= 15 is 0 Å². The van der Waals surface area contributed by atoms with Crippen molar-refractivity contribution in [3.05, 3.63) is 18.0 Å². The molecule has 5 nitrogen and oxygen atoms in total. The first-order valence-corrected chi connectivity index (χ1v) is 8.26. The van der Waals surface area contributed by atoms with E-state index in [2.05, 4.69) is 23.1 Å². The van der Waals surface area contributed by atoms with Crippen LogP contribution >= 0.6 is 0 Å². The van der Waals surface area contributed by atoms with Crippen molar-refractivity contribution >= 4 is 0 Å². The quantitative estimate of drug-likeness (QED) is 0.803. The summed E-state index contributed by atoms with van der Waals surface area (Å²) in [5.74, 6) is 0.628. The molecule has 3 heterocycles. The average molecular weight is 293 g/mol. The Balaban J connectivity index is 1.36. The van der Waals surface area contributed by atoms with Crippen LogP contribution < -0.4 is 0 Å². The van der Waals surface area contributed by atoms with Crippen LogP contribution in [0.2, 0.25) is 0 Å². The predicted molar refractivity (Wildman–Crippen MR) is 81.1 cm³/mol. The van der Waals surface area contributed by atoms with Crippen molar-refractivity contribution in [2.24, 2.45) is 5.92 Å². The van der Waals surface area contributed by atoms with Crippen molar-refractivity contribution in [1.82, 2.24) is 14.7 Å². The van der Waals surface area contributed by atoms with E-state index in [1.54, 1.807) is 0 Å². The van der Waals surface area contributed by atoms with Crippen molar-refractivity contribution in [2.75, 3.05) is 32.9 Å². The van der Waals surface area contributed by atoms with Gasteiger partial charge < -0.3 is 9.47 Å². The smallest absolute Gasteiger partial charge is 0.0599 e. The second-order valence-corrected chi connectivity index (χ2v) is 6.24. The molecule has 0 aliphatic carbocycles. The summed E-state index contributed by atoms with van der Waals surface area (Å²) >= 11 is 0. The van der Waals surface area contributed by atoms with Crippen molar-refractivity contribution in [2.45, 2.75) is 45.4 Å². The third-order valence-corrected chi connectivity index (χ3v) is 4.54. The van der Waals surface area contributed by atoms with Gasteiger partial charge in [-0.3, -0.25) is 9.58 Å². The molecule has 0 aromatic carbocycles. The molecule has 0 spiro atoms. The zero-order valence-electron chi connectivity index (χ0n) is 13.0. The van der Waals surface area contributed by atoms with Gasteiger partial charge in [0.1, 0.15) is 0 Å². The van der Waals surface area contributed by atoms with Gasteiger partial charge in [-0.25, -0.2) is 0 Å². The van der Waals surface area contributed by atoms with Crippen LogP contribution in [0.1, 0.15) is 31.7 Å². The molecule has 1 aromatic heterocycles. The number of likely N-dealkylation sites (tertiary alicyclic amines) is 1. The highest BCUT2D eigenvalue weighted by atomic mass is 16.5. The van der Waals surface area contributed by atoms with Crippen LogP contribution in [0.5, 0.6) is 0 Å². The zero-order valence-corrected chi connectivity index (χ0v) is 13.0. The van der Waals surface area contributed by atoms with Gasteiger partial charge in [0.05, 0.1) is 25.5 Å². The van der Waals surface area contributed by atoms with E-state index in [1.165, 1.54) is 12.0 Å². The van der Waals surface area contributed by atoms with Crippen LogP contribution in [0.3, 0.4) is 0 Å². The lowest BCUT2D eigenvalue weighted by Crippen LogP contribution is -2.37. The van der Waals surface area contributed by atoms with Crippen molar-refractivity contribution in [3.8, 4) is 0 Å². The Labute approximate surface area is 127 Å². The third kappa shape index (κ3) is 4.28. The molecule has 1 aromatic rings. The number of hydrogen-bond acceptors (Lipinski definition) is 4. The summed E-state index contributed by atoms with van der Waals surface area (Å²) in [7, 11) is 0. The maximum atomic E-state index is 6.06. The van der Waals surface area contributed by atoms with Crippen LogP contribution in [0.15, 0.2) is 12.4 Å². The topological polar surface area (TPSA) is 39.5 Å². The molecule has 3 rings (SSSR count). The van der Waals surface area contributed by atoms with Gasteiger partial charge in [-0.2, -0.15) is 5.10 Å².